The van der Waals surface area contributed by atoms with Crippen LogP contribution in [0.5, 0.6) is 5.75 Å². The zero-order valence-electron chi connectivity index (χ0n) is 15.2. The maximum absolute atomic E-state index is 13.4. The van der Waals surface area contributed by atoms with Gasteiger partial charge in [-0.15, -0.1) is 0 Å². The van der Waals surface area contributed by atoms with Crippen molar-refractivity contribution in [2.45, 2.75) is 30.1 Å². The number of ether oxygens (including phenoxy) is 1. The predicted octanol–water partition coefficient (Wildman–Crippen LogP) is 3.63. The third-order valence-corrected chi connectivity index (χ3v) is 6.70. The van der Waals surface area contributed by atoms with Crippen LogP contribution in [0.2, 0.25) is 0 Å². The first kappa shape index (κ1) is 18.0. The lowest BCUT2D eigenvalue weighted by Crippen LogP contribution is -2.32. The summed E-state index contributed by atoms with van der Waals surface area (Å²) in [5, 5.41) is 0.932. The van der Waals surface area contributed by atoms with Gasteiger partial charge in [-0.1, -0.05) is 6.07 Å². The molecule has 27 heavy (non-hydrogen) atoms. The highest BCUT2D eigenvalue weighted by molar-refractivity contribution is 7.89. The quantitative estimate of drug-likeness (QED) is 0.677. The highest BCUT2D eigenvalue weighted by Gasteiger charge is 2.46. The van der Waals surface area contributed by atoms with Gasteiger partial charge in [-0.3, -0.25) is 0 Å². The molecule has 1 aliphatic carbocycles. The van der Waals surface area contributed by atoms with Crippen LogP contribution >= 0.6 is 0 Å². The average molecular weight is 388 g/mol. The number of sulfonamides is 1. The fraction of sp³-hybridized carbons (Fsp3) is 0.300. The van der Waals surface area contributed by atoms with Gasteiger partial charge in [0.2, 0.25) is 10.0 Å². The van der Waals surface area contributed by atoms with E-state index in [2.05, 4.69) is 9.71 Å². The van der Waals surface area contributed by atoms with Gasteiger partial charge in [-0.25, -0.2) is 17.5 Å². The van der Waals surface area contributed by atoms with Gasteiger partial charge < -0.3 is 9.72 Å². The fourth-order valence-electron chi connectivity index (χ4n) is 3.53. The zero-order chi connectivity index (χ0) is 19.2. The lowest BCUT2D eigenvalue weighted by molar-refractivity contribution is 0.402. The molecule has 0 spiro atoms. The SMILES string of the molecule is COc1ccc(C)cc1S(=O)(=O)NCC1(c2c[nH]c3cc(F)ccc23)CC1. The van der Waals surface area contributed by atoms with Crippen LogP contribution in [-0.2, 0) is 15.4 Å². The molecule has 1 heterocycles. The van der Waals surface area contributed by atoms with Gasteiger partial charge in [-0.2, -0.15) is 0 Å². The molecule has 0 saturated heterocycles. The number of benzene rings is 2. The first-order valence-electron chi connectivity index (χ1n) is 8.76. The molecule has 0 bridgehead atoms. The Bertz CT molecular complexity index is 1120. The van der Waals surface area contributed by atoms with Crippen molar-refractivity contribution in [1.82, 2.24) is 9.71 Å². The Morgan fingerprint density at radius 3 is 2.70 bits per heavy atom. The molecule has 2 aromatic carbocycles. The molecule has 0 amide bonds. The smallest absolute Gasteiger partial charge is 0.244 e. The number of aryl methyl sites for hydroxylation is 1. The minimum atomic E-state index is -3.71. The average Bonchev–Trinajstić information content (AvgIpc) is 3.32. The molecule has 0 aliphatic heterocycles. The molecular formula is C20H21FN2O3S. The molecule has 1 aromatic heterocycles. The monoisotopic (exact) mass is 388 g/mol. The van der Waals surface area contributed by atoms with E-state index >= 15 is 0 Å². The summed E-state index contributed by atoms with van der Waals surface area (Å²) in [6, 6.07) is 9.70. The van der Waals surface area contributed by atoms with Gasteiger partial charge >= 0.3 is 0 Å². The molecule has 7 heteroatoms. The van der Waals surface area contributed by atoms with Crippen LogP contribution in [0.3, 0.4) is 0 Å². The number of halogens is 1. The molecule has 142 valence electrons. The Morgan fingerprint density at radius 2 is 2.00 bits per heavy atom. The van der Waals surface area contributed by atoms with Crippen molar-refractivity contribution in [3.8, 4) is 5.75 Å². The van der Waals surface area contributed by atoms with E-state index in [4.69, 9.17) is 4.74 Å². The summed E-state index contributed by atoms with van der Waals surface area (Å²) in [6.07, 6.45) is 3.62. The summed E-state index contributed by atoms with van der Waals surface area (Å²) >= 11 is 0. The molecule has 4 rings (SSSR count). The Kier molecular flexibility index (Phi) is 4.24. The molecular weight excluding hydrogens is 367 g/mol. The summed E-state index contributed by atoms with van der Waals surface area (Å²) in [6.45, 7) is 2.13. The normalized spacial score (nSPS) is 15.8. The van der Waals surface area contributed by atoms with Crippen LogP contribution in [0.4, 0.5) is 4.39 Å². The maximum atomic E-state index is 13.4. The number of hydrogen-bond donors (Lipinski definition) is 2. The lowest BCUT2D eigenvalue weighted by Gasteiger charge is -2.17. The van der Waals surface area contributed by atoms with Crippen molar-refractivity contribution in [1.29, 1.82) is 0 Å². The van der Waals surface area contributed by atoms with E-state index in [9.17, 15) is 12.8 Å². The van der Waals surface area contributed by atoms with E-state index in [0.29, 0.717) is 5.75 Å². The number of fused-ring (bicyclic) bond motifs is 1. The van der Waals surface area contributed by atoms with Crippen LogP contribution in [0.25, 0.3) is 10.9 Å². The molecule has 1 saturated carbocycles. The Labute approximate surface area is 157 Å². The van der Waals surface area contributed by atoms with E-state index in [1.165, 1.54) is 19.2 Å². The predicted molar refractivity (Wildman–Crippen MR) is 102 cm³/mol. The highest BCUT2D eigenvalue weighted by Crippen LogP contribution is 2.50. The van der Waals surface area contributed by atoms with Gasteiger partial charge in [0, 0.05) is 29.1 Å². The Balaban J connectivity index is 1.62. The molecule has 5 nitrogen and oxygen atoms in total. The minimum Gasteiger partial charge on any atom is -0.495 e. The minimum absolute atomic E-state index is 0.141. The summed E-state index contributed by atoms with van der Waals surface area (Å²) in [4.78, 5) is 3.23. The van der Waals surface area contributed by atoms with Crippen molar-refractivity contribution in [2.24, 2.45) is 0 Å². The number of H-pyrrole nitrogens is 1. The second-order valence-corrected chi connectivity index (χ2v) is 8.89. The third-order valence-electron chi connectivity index (χ3n) is 5.28. The van der Waals surface area contributed by atoms with E-state index in [1.54, 1.807) is 18.2 Å². The number of aromatic amines is 1. The van der Waals surface area contributed by atoms with E-state index in [-0.39, 0.29) is 22.7 Å². The van der Waals surface area contributed by atoms with E-state index < -0.39 is 10.0 Å². The first-order chi connectivity index (χ1) is 12.8. The summed E-state index contributed by atoms with van der Waals surface area (Å²) < 4.78 is 47.1. The van der Waals surface area contributed by atoms with Crippen molar-refractivity contribution in [3.63, 3.8) is 0 Å². The van der Waals surface area contributed by atoms with Crippen LogP contribution < -0.4 is 9.46 Å². The van der Waals surface area contributed by atoms with Gasteiger partial charge in [0.1, 0.15) is 16.5 Å². The van der Waals surface area contributed by atoms with Crippen molar-refractivity contribution >= 4 is 20.9 Å². The van der Waals surface area contributed by atoms with Crippen LogP contribution in [-0.4, -0.2) is 27.1 Å². The highest BCUT2D eigenvalue weighted by atomic mass is 32.2. The van der Waals surface area contributed by atoms with Gasteiger partial charge in [0.15, 0.2) is 0 Å². The number of methoxy groups -OCH3 is 1. The first-order valence-corrected chi connectivity index (χ1v) is 10.2. The number of aromatic nitrogens is 1. The summed E-state index contributed by atoms with van der Waals surface area (Å²) in [5.41, 5.74) is 2.33. The standard InChI is InChI=1S/C20H21FN2O3S/c1-13-3-6-18(26-2)19(9-13)27(24,25)23-12-20(7-8-20)16-11-22-17-10-14(21)4-5-15(16)17/h3-6,9-11,22-23H,7-8,12H2,1-2H3. The third kappa shape index (κ3) is 3.21. The second-order valence-electron chi connectivity index (χ2n) is 7.15. The van der Waals surface area contributed by atoms with E-state index in [0.717, 1.165) is 34.9 Å². The number of rotatable bonds is 6. The maximum Gasteiger partial charge on any atom is 0.244 e. The summed E-state index contributed by atoms with van der Waals surface area (Å²) in [7, 11) is -2.26. The Morgan fingerprint density at radius 1 is 1.22 bits per heavy atom. The topological polar surface area (TPSA) is 71.2 Å². The number of nitrogens with one attached hydrogen (secondary N) is 2. The lowest BCUT2D eigenvalue weighted by atomic mass is 9.96. The van der Waals surface area contributed by atoms with Gasteiger partial charge in [0.25, 0.3) is 0 Å². The van der Waals surface area contributed by atoms with Crippen molar-refractivity contribution in [3.05, 3.63) is 59.5 Å². The molecule has 2 N–H and O–H groups in total. The van der Waals surface area contributed by atoms with Gasteiger partial charge in [-0.05, 0) is 61.2 Å². The van der Waals surface area contributed by atoms with Crippen LogP contribution in [0, 0.1) is 12.7 Å². The summed E-state index contributed by atoms with van der Waals surface area (Å²) in [5.74, 6) is 0.0218. The molecule has 0 radical (unpaired) electrons. The second kappa shape index (κ2) is 6.35. The molecule has 0 unspecified atom stereocenters. The van der Waals surface area contributed by atoms with Crippen molar-refractivity contribution < 1.29 is 17.5 Å². The molecule has 0 atom stereocenters. The molecule has 1 fully saturated rings. The zero-order valence-corrected chi connectivity index (χ0v) is 16.0. The number of hydrogen-bond acceptors (Lipinski definition) is 3. The van der Waals surface area contributed by atoms with Crippen molar-refractivity contribution in [2.75, 3.05) is 13.7 Å². The van der Waals surface area contributed by atoms with Crippen LogP contribution in [0.1, 0.15) is 24.0 Å². The largest absolute Gasteiger partial charge is 0.495 e. The van der Waals surface area contributed by atoms with E-state index in [1.807, 2.05) is 19.2 Å². The molecule has 1 aliphatic rings. The van der Waals surface area contributed by atoms with Gasteiger partial charge in [0.05, 0.1) is 7.11 Å². The molecule has 3 aromatic rings. The Hall–Kier alpha value is -2.38. The fourth-order valence-corrected chi connectivity index (χ4v) is 4.91. The van der Waals surface area contributed by atoms with Crippen LogP contribution in [0.15, 0.2) is 47.5 Å².